The molecule has 0 heterocycles. The number of allylic oxidation sites excluding steroid dienone is 1. The van der Waals surface area contributed by atoms with Gasteiger partial charge in [0.15, 0.2) is 5.78 Å². The summed E-state index contributed by atoms with van der Waals surface area (Å²) in [5.74, 6) is 0.684. The second-order valence-corrected chi connectivity index (χ2v) is 4.84. The maximum absolute atomic E-state index is 11.3. The number of carbonyl (C=O) groups is 1. The molecule has 1 unspecified atom stereocenters. The molecule has 15 heavy (non-hydrogen) atoms. The van der Waals surface area contributed by atoms with Gasteiger partial charge in [0.1, 0.15) is 0 Å². The van der Waals surface area contributed by atoms with E-state index in [1.807, 2.05) is 12.1 Å². The Morgan fingerprint density at radius 2 is 2.07 bits per heavy atom. The minimum absolute atomic E-state index is 0.235. The maximum atomic E-state index is 11.3. The van der Waals surface area contributed by atoms with E-state index in [1.165, 1.54) is 5.56 Å². The second-order valence-electron chi connectivity index (χ2n) is 3.99. The van der Waals surface area contributed by atoms with Crippen molar-refractivity contribution >= 4 is 21.7 Å². The van der Waals surface area contributed by atoms with Crippen LogP contribution in [0.5, 0.6) is 0 Å². The van der Waals surface area contributed by atoms with Crippen LogP contribution in [-0.4, -0.2) is 5.78 Å². The van der Waals surface area contributed by atoms with Crippen LogP contribution in [0.1, 0.15) is 30.7 Å². The molecule has 0 aliphatic heterocycles. The lowest BCUT2D eigenvalue weighted by molar-refractivity contribution is -0.116. The van der Waals surface area contributed by atoms with Crippen molar-refractivity contribution in [2.75, 3.05) is 0 Å². The van der Waals surface area contributed by atoms with E-state index >= 15 is 0 Å². The van der Waals surface area contributed by atoms with Crippen LogP contribution < -0.4 is 0 Å². The minimum atomic E-state index is 0.235. The van der Waals surface area contributed by atoms with E-state index in [0.717, 1.165) is 22.9 Å². The highest BCUT2D eigenvalue weighted by Crippen LogP contribution is 2.36. The third-order valence-corrected chi connectivity index (χ3v) is 3.67. The van der Waals surface area contributed by atoms with Gasteiger partial charge in [-0.05, 0) is 36.0 Å². The molecule has 2 rings (SSSR count). The highest BCUT2D eigenvalue weighted by molar-refractivity contribution is 9.10. The number of carbonyl (C=O) groups excluding carboxylic acids is 1. The Morgan fingerprint density at radius 3 is 2.73 bits per heavy atom. The Kier molecular flexibility index (Phi) is 3.06. The Bertz CT molecular complexity index is 409. The number of halogens is 1. The minimum Gasteiger partial charge on any atom is -0.295 e. The molecule has 0 spiro atoms. The van der Waals surface area contributed by atoms with Crippen LogP contribution in [0, 0.1) is 0 Å². The van der Waals surface area contributed by atoms with Crippen molar-refractivity contribution in [1.29, 1.82) is 0 Å². The lowest BCUT2D eigenvalue weighted by atomic mass is 9.81. The molecule has 0 radical (unpaired) electrons. The van der Waals surface area contributed by atoms with E-state index in [2.05, 4.69) is 34.6 Å². The number of benzene rings is 1. The quantitative estimate of drug-likeness (QED) is 0.705. The molecular weight excluding hydrogens is 252 g/mol. The summed E-state index contributed by atoms with van der Waals surface area (Å²) in [5, 5.41) is 0. The van der Waals surface area contributed by atoms with Crippen molar-refractivity contribution in [2.45, 2.75) is 25.2 Å². The smallest absolute Gasteiger partial charge is 0.158 e. The Balaban J connectivity index is 2.23. The molecule has 1 atom stereocenters. The van der Waals surface area contributed by atoms with E-state index in [9.17, 15) is 4.79 Å². The number of Topliss-reactive ketones (excluding diaryl/α,β-unsaturated/α-hetero) is 1. The predicted molar refractivity (Wildman–Crippen MR) is 64.9 cm³/mol. The number of ketones is 1. The zero-order valence-electron chi connectivity index (χ0n) is 8.50. The summed E-state index contributed by atoms with van der Waals surface area (Å²) in [7, 11) is 0. The van der Waals surface area contributed by atoms with Crippen molar-refractivity contribution in [3.05, 3.63) is 46.5 Å². The largest absolute Gasteiger partial charge is 0.295 e. The fraction of sp³-hybridized carbons (Fsp3) is 0.308. The van der Waals surface area contributed by atoms with Gasteiger partial charge in [0.25, 0.3) is 0 Å². The van der Waals surface area contributed by atoms with Crippen LogP contribution in [0.2, 0.25) is 0 Å². The number of hydrogen-bond donors (Lipinski definition) is 0. The first kappa shape index (κ1) is 10.6. The van der Waals surface area contributed by atoms with Gasteiger partial charge in [-0.3, -0.25) is 4.79 Å². The fourth-order valence-corrected chi connectivity index (χ4v) is 2.68. The molecule has 0 saturated heterocycles. The van der Waals surface area contributed by atoms with Gasteiger partial charge in [0, 0.05) is 10.9 Å². The molecule has 1 saturated carbocycles. The summed E-state index contributed by atoms with van der Waals surface area (Å²) in [6.45, 7) is 3.84. The lowest BCUT2D eigenvalue weighted by Crippen LogP contribution is -2.15. The molecular formula is C13H13BrO. The average molecular weight is 265 g/mol. The van der Waals surface area contributed by atoms with Gasteiger partial charge >= 0.3 is 0 Å². The zero-order valence-corrected chi connectivity index (χ0v) is 10.1. The lowest BCUT2D eigenvalue weighted by Gasteiger charge is -2.23. The molecule has 0 bridgehead atoms. The van der Waals surface area contributed by atoms with Gasteiger partial charge in [-0.25, -0.2) is 0 Å². The van der Waals surface area contributed by atoms with E-state index in [4.69, 9.17) is 0 Å². The van der Waals surface area contributed by atoms with Gasteiger partial charge < -0.3 is 0 Å². The number of hydrogen-bond acceptors (Lipinski definition) is 1. The van der Waals surface area contributed by atoms with Gasteiger partial charge in [-0.1, -0.05) is 40.7 Å². The zero-order chi connectivity index (χ0) is 10.8. The molecule has 1 aliphatic carbocycles. The fourth-order valence-electron chi connectivity index (χ4n) is 2.07. The molecule has 1 aliphatic rings. The molecule has 1 aromatic rings. The Hall–Kier alpha value is -0.890. The summed E-state index contributed by atoms with van der Waals surface area (Å²) < 4.78 is 1.14. The van der Waals surface area contributed by atoms with Gasteiger partial charge in [0.05, 0.1) is 0 Å². The van der Waals surface area contributed by atoms with Crippen molar-refractivity contribution in [1.82, 2.24) is 0 Å². The average Bonchev–Trinajstić information content (AvgIpc) is 2.23. The van der Waals surface area contributed by atoms with Crippen LogP contribution in [0.3, 0.4) is 0 Å². The van der Waals surface area contributed by atoms with Crippen LogP contribution in [0.25, 0.3) is 0 Å². The standard InChI is InChI=1S/C13H13BrO/c1-9-8-10(6-7-13(9)15)11-4-2-3-5-12(11)14/h2-5,10H,1,6-8H2. The predicted octanol–water partition coefficient (Wildman–Crippen LogP) is 3.84. The highest BCUT2D eigenvalue weighted by atomic mass is 79.9. The Labute approximate surface area is 98.3 Å². The summed E-state index contributed by atoms with van der Waals surface area (Å²) in [5.41, 5.74) is 2.08. The molecule has 0 N–H and O–H groups in total. The van der Waals surface area contributed by atoms with E-state index in [-0.39, 0.29) is 5.78 Å². The summed E-state index contributed by atoms with van der Waals surface area (Å²) in [4.78, 5) is 11.3. The van der Waals surface area contributed by atoms with E-state index in [1.54, 1.807) is 0 Å². The van der Waals surface area contributed by atoms with Crippen molar-refractivity contribution in [3.63, 3.8) is 0 Å². The first-order chi connectivity index (χ1) is 7.18. The summed E-state index contributed by atoms with van der Waals surface area (Å²) in [6, 6.07) is 8.22. The van der Waals surface area contributed by atoms with E-state index in [0.29, 0.717) is 12.3 Å². The monoisotopic (exact) mass is 264 g/mol. The van der Waals surface area contributed by atoms with Crippen molar-refractivity contribution in [2.24, 2.45) is 0 Å². The molecule has 1 aromatic carbocycles. The summed E-state index contributed by atoms with van der Waals surface area (Å²) >= 11 is 3.55. The third-order valence-electron chi connectivity index (χ3n) is 2.95. The van der Waals surface area contributed by atoms with Gasteiger partial charge in [-0.2, -0.15) is 0 Å². The molecule has 2 heteroatoms. The summed E-state index contributed by atoms with van der Waals surface area (Å²) in [6.07, 6.45) is 2.40. The van der Waals surface area contributed by atoms with Crippen LogP contribution >= 0.6 is 15.9 Å². The Morgan fingerprint density at radius 1 is 1.33 bits per heavy atom. The van der Waals surface area contributed by atoms with Crippen molar-refractivity contribution in [3.8, 4) is 0 Å². The molecule has 78 valence electrons. The van der Waals surface area contributed by atoms with E-state index < -0.39 is 0 Å². The second kappa shape index (κ2) is 4.31. The maximum Gasteiger partial charge on any atom is 0.158 e. The SMILES string of the molecule is C=C1CC(c2ccccc2Br)CCC1=O. The van der Waals surface area contributed by atoms with Crippen LogP contribution in [0.15, 0.2) is 40.9 Å². The van der Waals surface area contributed by atoms with Crippen LogP contribution in [0.4, 0.5) is 0 Å². The van der Waals surface area contributed by atoms with Gasteiger partial charge in [-0.15, -0.1) is 0 Å². The highest BCUT2D eigenvalue weighted by Gasteiger charge is 2.24. The molecule has 0 amide bonds. The van der Waals surface area contributed by atoms with Crippen LogP contribution in [-0.2, 0) is 4.79 Å². The third kappa shape index (κ3) is 2.20. The molecule has 0 aromatic heterocycles. The molecule has 1 nitrogen and oxygen atoms in total. The number of rotatable bonds is 1. The molecule has 1 fully saturated rings. The first-order valence-electron chi connectivity index (χ1n) is 5.14. The normalized spacial score (nSPS) is 21.8. The van der Waals surface area contributed by atoms with Crippen molar-refractivity contribution < 1.29 is 4.79 Å². The topological polar surface area (TPSA) is 17.1 Å². The first-order valence-corrected chi connectivity index (χ1v) is 5.93. The van der Waals surface area contributed by atoms with Gasteiger partial charge in [0.2, 0.25) is 0 Å².